The van der Waals surface area contributed by atoms with Crippen molar-refractivity contribution in [3.05, 3.63) is 194 Å². The van der Waals surface area contributed by atoms with Crippen molar-refractivity contribution < 1.29 is 0 Å². The van der Waals surface area contributed by atoms with Crippen LogP contribution in [0.4, 0.5) is 0 Å². The van der Waals surface area contributed by atoms with E-state index in [2.05, 4.69) is 138 Å². The van der Waals surface area contributed by atoms with Crippen LogP contribution in [0.15, 0.2) is 187 Å². The summed E-state index contributed by atoms with van der Waals surface area (Å²) in [6, 6.07) is 45.0. The van der Waals surface area contributed by atoms with E-state index in [1.807, 2.05) is 55.0 Å². The van der Waals surface area contributed by atoms with Crippen LogP contribution >= 0.6 is 0 Å². The van der Waals surface area contributed by atoms with Gasteiger partial charge in [0.2, 0.25) is 0 Å². The van der Waals surface area contributed by atoms with Crippen LogP contribution in [0.1, 0.15) is 11.1 Å². The second-order valence-corrected chi connectivity index (χ2v) is 11.1. The Bertz CT molecular complexity index is 2110. The zero-order valence-corrected chi connectivity index (χ0v) is 25.4. The van der Waals surface area contributed by atoms with Crippen LogP contribution in [-0.4, -0.2) is 17.2 Å². The van der Waals surface area contributed by atoms with Crippen molar-refractivity contribution in [2.45, 2.75) is 0 Å². The summed E-state index contributed by atoms with van der Waals surface area (Å²) < 4.78 is 0. The molecule has 1 aromatic heterocycles. The molecule has 220 valence electrons. The average Bonchev–Trinajstić information content (AvgIpc) is 3.12. The molecule has 7 rings (SSSR count). The van der Waals surface area contributed by atoms with Gasteiger partial charge in [-0.3, -0.25) is 9.98 Å². The maximum Gasteiger partial charge on any atom is 0.0723 e. The first-order valence-corrected chi connectivity index (χ1v) is 15.5. The van der Waals surface area contributed by atoms with E-state index in [9.17, 15) is 0 Å². The van der Waals surface area contributed by atoms with Crippen LogP contribution in [0.3, 0.4) is 0 Å². The first-order valence-electron chi connectivity index (χ1n) is 15.5. The Labute approximate surface area is 270 Å². The lowest BCUT2D eigenvalue weighted by Gasteiger charge is -2.15. The highest BCUT2D eigenvalue weighted by Gasteiger charge is 2.13. The first-order chi connectivity index (χ1) is 22.8. The molecule has 5 aromatic carbocycles. The summed E-state index contributed by atoms with van der Waals surface area (Å²) in [5.41, 5.74) is 10.8. The van der Waals surface area contributed by atoms with Gasteiger partial charge >= 0.3 is 0 Å². The molecular weight excluding hydrogens is 558 g/mol. The zero-order valence-electron chi connectivity index (χ0n) is 25.4. The van der Waals surface area contributed by atoms with Crippen molar-refractivity contribution in [3.63, 3.8) is 0 Å². The number of allylic oxidation sites excluding steroid dienone is 5. The molecule has 0 amide bonds. The van der Waals surface area contributed by atoms with Crippen LogP contribution in [0.25, 0.3) is 49.9 Å². The number of fused-ring (bicyclic) bond motifs is 1. The number of aliphatic imine (C=N–C) groups is 1. The topological polar surface area (TPSA) is 37.3 Å². The number of nitrogens with zero attached hydrogens (tertiary/aromatic N) is 2. The molecule has 0 spiro atoms. The Hall–Kier alpha value is -6.06. The van der Waals surface area contributed by atoms with E-state index in [0.717, 1.165) is 39.2 Å². The Kier molecular flexibility index (Phi) is 8.55. The maximum atomic E-state index is 5.03. The van der Waals surface area contributed by atoms with E-state index >= 15 is 0 Å². The highest BCUT2D eigenvalue weighted by Crippen LogP contribution is 2.33. The predicted octanol–water partition coefficient (Wildman–Crippen LogP) is 10.3. The number of aromatic nitrogens is 1. The number of hydrogen-bond donors (Lipinski definition) is 1. The number of benzene rings is 5. The third-order valence-electron chi connectivity index (χ3n) is 8.09. The van der Waals surface area contributed by atoms with Crippen molar-refractivity contribution in [2.24, 2.45) is 4.99 Å². The predicted molar refractivity (Wildman–Crippen MR) is 194 cm³/mol. The lowest BCUT2D eigenvalue weighted by molar-refractivity contribution is 1.01. The van der Waals surface area contributed by atoms with Gasteiger partial charge in [-0.05, 0) is 80.6 Å². The lowest BCUT2D eigenvalue weighted by atomic mass is 9.92. The van der Waals surface area contributed by atoms with Gasteiger partial charge in [0.25, 0.3) is 0 Å². The minimum absolute atomic E-state index is 0.685. The molecule has 1 aliphatic rings. The van der Waals surface area contributed by atoms with Gasteiger partial charge in [0.05, 0.1) is 5.71 Å². The van der Waals surface area contributed by atoms with E-state index in [1.54, 1.807) is 0 Å². The normalized spacial score (nSPS) is 15.1. The minimum atomic E-state index is 0.685. The molecule has 1 N–H and O–H groups in total. The highest BCUT2D eigenvalue weighted by molar-refractivity contribution is 6.14. The molecule has 0 saturated carbocycles. The second kappa shape index (κ2) is 13.7. The minimum Gasteiger partial charge on any atom is -0.381 e. The Morgan fingerprint density at radius 2 is 1.24 bits per heavy atom. The smallest absolute Gasteiger partial charge is 0.0723 e. The molecule has 0 bridgehead atoms. The Morgan fingerprint density at radius 1 is 0.522 bits per heavy atom. The van der Waals surface area contributed by atoms with Crippen LogP contribution in [0, 0.1) is 0 Å². The number of rotatable bonds is 5. The molecule has 46 heavy (non-hydrogen) atoms. The van der Waals surface area contributed by atoms with Gasteiger partial charge in [-0.1, -0.05) is 127 Å². The van der Waals surface area contributed by atoms with Crippen LogP contribution in [0.2, 0.25) is 0 Å². The van der Waals surface area contributed by atoms with E-state index < -0.39 is 0 Å². The van der Waals surface area contributed by atoms with Gasteiger partial charge in [0.15, 0.2) is 0 Å². The van der Waals surface area contributed by atoms with Crippen LogP contribution in [0.5, 0.6) is 0 Å². The molecular formula is C43H33N3. The SMILES string of the molecule is C1=C/C=C/CN/C(c2ccc(-c3ccccc3)cc2)=C\C(c2cc(-c3cccnc3)cc(-c3cccc4ccccc34)c2)=NC=C1. The molecule has 0 aliphatic carbocycles. The molecule has 3 heteroatoms. The van der Waals surface area contributed by atoms with Crippen LogP contribution < -0.4 is 5.32 Å². The number of nitrogens with one attached hydrogen (secondary N) is 1. The number of pyridine rings is 1. The van der Waals surface area contributed by atoms with E-state index in [4.69, 9.17) is 4.99 Å². The molecule has 1 aliphatic heterocycles. The summed E-state index contributed by atoms with van der Waals surface area (Å²) in [6.07, 6.45) is 17.9. The molecule has 2 heterocycles. The highest BCUT2D eigenvalue weighted by atomic mass is 14.9. The third kappa shape index (κ3) is 6.54. The van der Waals surface area contributed by atoms with Gasteiger partial charge < -0.3 is 5.32 Å². The fourth-order valence-corrected chi connectivity index (χ4v) is 5.77. The van der Waals surface area contributed by atoms with Crippen molar-refractivity contribution in [1.82, 2.24) is 10.3 Å². The Balaban J connectivity index is 1.39. The summed E-state index contributed by atoms with van der Waals surface area (Å²) in [7, 11) is 0. The van der Waals surface area contributed by atoms with E-state index in [0.29, 0.717) is 6.54 Å². The van der Waals surface area contributed by atoms with Gasteiger partial charge in [-0.15, -0.1) is 0 Å². The molecule has 0 fully saturated rings. The van der Waals surface area contributed by atoms with Crippen molar-refractivity contribution >= 4 is 22.2 Å². The molecule has 3 nitrogen and oxygen atoms in total. The van der Waals surface area contributed by atoms with E-state index in [1.165, 1.54) is 27.5 Å². The molecule has 0 saturated heterocycles. The standard InChI is InChI=1S/C43H33N3/c1-2-9-25-45-42(35-22-20-33(21-23-35)32-13-5-4-6-14-32)30-43(46-26-10-3-1)39-28-37(36-17-12-24-44-31-36)27-38(29-39)41-19-11-16-34-15-7-8-18-40(34)41/h1-24,26-31,45H,25H2/b3-1?,9-2+,26-10?,42-30-,46-43?. The summed E-state index contributed by atoms with van der Waals surface area (Å²) in [4.78, 5) is 9.46. The molecule has 0 radical (unpaired) electrons. The zero-order chi connectivity index (χ0) is 31.0. The summed E-state index contributed by atoms with van der Waals surface area (Å²) in [6.45, 7) is 0.685. The quantitative estimate of drug-likeness (QED) is 0.217. The van der Waals surface area contributed by atoms with Crippen molar-refractivity contribution in [3.8, 4) is 33.4 Å². The Morgan fingerprint density at radius 3 is 2.11 bits per heavy atom. The van der Waals surface area contributed by atoms with Gasteiger partial charge in [0, 0.05) is 42.0 Å². The largest absolute Gasteiger partial charge is 0.381 e. The number of hydrogen-bond acceptors (Lipinski definition) is 3. The summed E-state index contributed by atoms with van der Waals surface area (Å²) >= 11 is 0. The monoisotopic (exact) mass is 591 g/mol. The van der Waals surface area contributed by atoms with Crippen LogP contribution in [-0.2, 0) is 0 Å². The fraction of sp³-hybridized carbons (Fsp3) is 0.0233. The lowest BCUT2D eigenvalue weighted by Crippen LogP contribution is -2.14. The van der Waals surface area contributed by atoms with Gasteiger partial charge in [-0.25, -0.2) is 0 Å². The summed E-state index contributed by atoms with van der Waals surface area (Å²) in [5.74, 6) is 0. The van der Waals surface area contributed by atoms with Crippen molar-refractivity contribution in [2.75, 3.05) is 6.54 Å². The average molecular weight is 592 g/mol. The van der Waals surface area contributed by atoms with Crippen molar-refractivity contribution in [1.29, 1.82) is 0 Å². The van der Waals surface area contributed by atoms with Gasteiger partial charge in [0.1, 0.15) is 0 Å². The van der Waals surface area contributed by atoms with Gasteiger partial charge in [-0.2, -0.15) is 0 Å². The second-order valence-electron chi connectivity index (χ2n) is 11.1. The molecule has 6 aromatic rings. The van der Waals surface area contributed by atoms with E-state index in [-0.39, 0.29) is 0 Å². The maximum absolute atomic E-state index is 5.03. The fourth-order valence-electron chi connectivity index (χ4n) is 5.77. The third-order valence-corrected chi connectivity index (χ3v) is 8.09. The molecule has 0 unspecified atom stereocenters. The molecule has 0 atom stereocenters. The first kappa shape index (κ1) is 28.7. The summed E-state index contributed by atoms with van der Waals surface area (Å²) in [5, 5.41) is 6.08.